The average molecular weight is 442 g/mol. The summed E-state index contributed by atoms with van der Waals surface area (Å²) in [7, 11) is 0. The van der Waals surface area contributed by atoms with Gasteiger partial charge in [0.2, 0.25) is 5.91 Å². The highest BCUT2D eigenvalue weighted by atomic mass is 16.5. The Morgan fingerprint density at radius 3 is 2.61 bits per heavy atom. The minimum Gasteiger partial charge on any atom is -0.486 e. The van der Waals surface area contributed by atoms with E-state index in [9.17, 15) is 4.79 Å². The number of furan rings is 1. The first-order valence-corrected chi connectivity index (χ1v) is 11.4. The van der Waals surface area contributed by atoms with Crippen molar-refractivity contribution < 1.29 is 13.9 Å². The Balaban J connectivity index is 1.24. The summed E-state index contributed by atoms with van der Waals surface area (Å²) in [6.45, 7) is 2.81. The maximum absolute atomic E-state index is 12.5. The third-order valence-corrected chi connectivity index (χ3v) is 6.15. The lowest BCUT2D eigenvalue weighted by Crippen LogP contribution is -2.38. The molecule has 4 aromatic rings. The zero-order valence-corrected chi connectivity index (χ0v) is 18.5. The molecule has 168 valence electrons. The number of rotatable bonds is 7. The topological polar surface area (TPSA) is 60.5 Å². The molecule has 1 aliphatic heterocycles. The molecule has 0 radical (unpaired) electrons. The van der Waals surface area contributed by atoms with E-state index in [-0.39, 0.29) is 5.91 Å². The Morgan fingerprint density at radius 1 is 1.03 bits per heavy atom. The van der Waals surface area contributed by atoms with Crippen LogP contribution in [0.3, 0.4) is 0 Å². The third-order valence-electron chi connectivity index (χ3n) is 6.15. The Bertz CT molecular complexity index is 1220. The number of nitrogens with zero attached hydrogens (tertiary/aromatic N) is 3. The van der Waals surface area contributed by atoms with Crippen LogP contribution in [0.1, 0.15) is 24.4 Å². The molecule has 6 nitrogen and oxygen atoms in total. The number of likely N-dealkylation sites (tertiary alicyclic amines) is 1. The molecule has 6 heteroatoms. The summed E-state index contributed by atoms with van der Waals surface area (Å²) in [5.41, 5.74) is 2.11. The van der Waals surface area contributed by atoms with E-state index < -0.39 is 0 Å². The predicted molar refractivity (Wildman–Crippen MR) is 128 cm³/mol. The van der Waals surface area contributed by atoms with Crippen molar-refractivity contribution in [3.63, 3.8) is 0 Å². The summed E-state index contributed by atoms with van der Waals surface area (Å²) in [4.78, 5) is 19.3. The SMILES string of the molecule is O=C(C=Cc1ccco1)N1CCC(Cn2c(COc3ccccc3)nc3ccccc32)CC1. The van der Waals surface area contributed by atoms with Crippen molar-refractivity contribution in [3.8, 4) is 5.75 Å². The van der Waals surface area contributed by atoms with Gasteiger partial charge in [0, 0.05) is 25.7 Å². The fourth-order valence-corrected chi connectivity index (χ4v) is 4.34. The van der Waals surface area contributed by atoms with Crippen molar-refractivity contribution >= 4 is 23.0 Å². The first kappa shape index (κ1) is 21.1. The Morgan fingerprint density at radius 2 is 1.82 bits per heavy atom. The van der Waals surface area contributed by atoms with Crippen LogP contribution in [0, 0.1) is 5.92 Å². The minimum absolute atomic E-state index is 0.0369. The molecular weight excluding hydrogens is 414 g/mol. The second-order valence-corrected chi connectivity index (χ2v) is 8.35. The van der Waals surface area contributed by atoms with Crippen molar-refractivity contribution in [2.24, 2.45) is 5.92 Å². The molecule has 0 aliphatic carbocycles. The lowest BCUT2D eigenvalue weighted by Gasteiger charge is -2.32. The second kappa shape index (κ2) is 9.77. The molecule has 2 aromatic heterocycles. The molecule has 2 aromatic carbocycles. The van der Waals surface area contributed by atoms with E-state index in [1.54, 1.807) is 18.4 Å². The number of aromatic nitrogens is 2. The van der Waals surface area contributed by atoms with Crippen LogP contribution in [0.2, 0.25) is 0 Å². The van der Waals surface area contributed by atoms with Gasteiger partial charge in [-0.1, -0.05) is 30.3 Å². The standard InChI is InChI=1S/C27H27N3O3/c31-27(13-12-23-9-6-18-32-23)29-16-14-21(15-17-29)19-30-25-11-5-4-10-24(25)28-26(30)20-33-22-7-2-1-3-8-22/h1-13,18,21H,14-17,19-20H2. The van der Waals surface area contributed by atoms with Crippen LogP contribution < -0.4 is 4.74 Å². The van der Waals surface area contributed by atoms with Crippen LogP contribution in [0.5, 0.6) is 5.75 Å². The summed E-state index contributed by atoms with van der Waals surface area (Å²) >= 11 is 0. The summed E-state index contributed by atoms with van der Waals surface area (Å²) in [6, 6.07) is 21.7. The number of para-hydroxylation sites is 3. The highest BCUT2D eigenvalue weighted by molar-refractivity contribution is 5.91. The van der Waals surface area contributed by atoms with Crippen molar-refractivity contribution in [2.75, 3.05) is 13.1 Å². The highest BCUT2D eigenvalue weighted by Gasteiger charge is 2.23. The molecule has 1 saturated heterocycles. The van der Waals surface area contributed by atoms with Gasteiger partial charge in [-0.05, 0) is 61.2 Å². The van der Waals surface area contributed by atoms with Crippen LogP contribution in [0.15, 0.2) is 83.5 Å². The summed E-state index contributed by atoms with van der Waals surface area (Å²) in [5.74, 6) is 2.98. The largest absolute Gasteiger partial charge is 0.486 e. The summed E-state index contributed by atoms with van der Waals surface area (Å²) in [5, 5.41) is 0. The number of benzene rings is 2. The van der Waals surface area contributed by atoms with Gasteiger partial charge in [-0.2, -0.15) is 0 Å². The lowest BCUT2D eigenvalue weighted by atomic mass is 9.96. The van der Waals surface area contributed by atoms with Crippen molar-refractivity contribution in [1.29, 1.82) is 0 Å². The molecule has 1 aliphatic rings. The second-order valence-electron chi connectivity index (χ2n) is 8.35. The van der Waals surface area contributed by atoms with E-state index in [1.807, 2.05) is 59.5 Å². The van der Waals surface area contributed by atoms with Crippen LogP contribution in [-0.2, 0) is 17.9 Å². The number of imidazole rings is 1. The molecule has 5 rings (SSSR count). The predicted octanol–water partition coefficient (Wildman–Crippen LogP) is 5.16. The van der Waals surface area contributed by atoms with Crippen molar-refractivity contribution in [2.45, 2.75) is 26.0 Å². The quantitative estimate of drug-likeness (QED) is 0.372. The van der Waals surface area contributed by atoms with Crippen LogP contribution in [0.4, 0.5) is 0 Å². The maximum atomic E-state index is 12.5. The van der Waals surface area contributed by atoms with Crippen LogP contribution in [0.25, 0.3) is 17.1 Å². The minimum atomic E-state index is 0.0369. The van der Waals surface area contributed by atoms with Crippen LogP contribution >= 0.6 is 0 Å². The van der Waals surface area contributed by atoms with Crippen molar-refractivity contribution in [3.05, 3.63) is 90.7 Å². The Hall–Kier alpha value is -3.80. The summed E-state index contributed by atoms with van der Waals surface area (Å²) < 4.78 is 13.6. The van der Waals surface area contributed by atoms with Gasteiger partial charge >= 0.3 is 0 Å². The molecule has 0 atom stereocenters. The monoisotopic (exact) mass is 441 g/mol. The Kier molecular flexibility index (Phi) is 6.24. The number of fused-ring (bicyclic) bond motifs is 1. The number of carbonyl (C=O) groups excluding carboxylic acids is 1. The molecule has 0 spiro atoms. The van der Waals surface area contributed by atoms with Gasteiger partial charge in [0.1, 0.15) is 23.9 Å². The van der Waals surface area contributed by atoms with E-state index in [0.717, 1.165) is 55.1 Å². The fraction of sp³-hybridized carbons (Fsp3) is 0.259. The molecular formula is C27H27N3O3. The molecule has 0 saturated carbocycles. The molecule has 3 heterocycles. The molecule has 0 bridgehead atoms. The molecule has 0 unspecified atom stereocenters. The van der Waals surface area contributed by atoms with E-state index in [4.69, 9.17) is 14.1 Å². The lowest BCUT2D eigenvalue weighted by molar-refractivity contribution is -0.127. The normalized spacial score (nSPS) is 14.8. The molecule has 1 amide bonds. The number of hydrogen-bond acceptors (Lipinski definition) is 4. The molecule has 33 heavy (non-hydrogen) atoms. The van der Waals surface area contributed by atoms with E-state index in [1.165, 1.54) is 0 Å². The first-order chi connectivity index (χ1) is 16.3. The third kappa shape index (κ3) is 5.00. The van der Waals surface area contributed by atoms with E-state index >= 15 is 0 Å². The first-order valence-electron chi connectivity index (χ1n) is 11.4. The number of ether oxygens (including phenoxy) is 1. The zero-order valence-electron chi connectivity index (χ0n) is 18.5. The average Bonchev–Trinajstić information content (AvgIpc) is 3.51. The van der Waals surface area contributed by atoms with E-state index in [2.05, 4.69) is 16.7 Å². The van der Waals surface area contributed by atoms with Gasteiger partial charge in [-0.15, -0.1) is 0 Å². The fourth-order valence-electron chi connectivity index (χ4n) is 4.34. The number of amides is 1. The smallest absolute Gasteiger partial charge is 0.246 e. The van der Waals surface area contributed by atoms with Gasteiger partial charge in [-0.25, -0.2) is 4.98 Å². The van der Waals surface area contributed by atoms with Gasteiger partial charge in [0.25, 0.3) is 0 Å². The van der Waals surface area contributed by atoms with Gasteiger partial charge < -0.3 is 18.6 Å². The van der Waals surface area contributed by atoms with Gasteiger partial charge in [-0.3, -0.25) is 4.79 Å². The van der Waals surface area contributed by atoms with Crippen molar-refractivity contribution in [1.82, 2.24) is 14.5 Å². The highest BCUT2D eigenvalue weighted by Crippen LogP contribution is 2.25. The number of carbonyl (C=O) groups is 1. The maximum Gasteiger partial charge on any atom is 0.246 e. The van der Waals surface area contributed by atoms with Crippen LogP contribution in [-0.4, -0.2) is 33.4 Å². The Labute approximate surface area is 193 Å². The van der Waals surface area contributed by atoms with Gasteiger partial charge in [0.15, 0.2) is 0 Å². The molecule has 0 N–H and O–H groups in total. The van der Waals surface area contributed by atoms with E-state index in [0.29, 0.717) is 18.3 Å². The zero-order chi connectivity index (χ0) is 22.5. The number of piperidine rings is 1. The van der Waals surface area contributed by atoms with Gasteiger partial charge in [0.05, 0.1) is 17.3 Å². The molecule has 1 fully saturated rings. The number of hydrogen-bond donors (Lipinski definition) is 0. The summed E-state index contributed by atoms with van der Waals surface area (Å²) in [6.07, 6.45) is 6.86.